The molecule has 4 nitrogen and oxygen atoms in total. The van der Waals surface area contributed by atoms with Crippen molar-refractivity contribution in [2.75, 3.05) is 13.2 Å². The Morgan fingerprint density at radius 3 is 2.78 bits per heavy atom. The molecule has 0 aliphatic heterocycles. The van der Waals surface area contributed by atoms with Crippen molar-refractivity contribution in [3.8, 4) is 0 Å². The first-order valence-corrected chi connectivity index (χ1v) is 5.76. The van der Waals surface area contributed by atoms with E-state index >= 15 is 0 Å². The zero-order valence-electron chi connectivity index (χ0n) is 10.4. The summed E-state index contributed by atoms with van der Waals surface area (Å²) in [5.74, 6) is 0. The van der Waals surface area contributed by atoms with Gasteiger partial charge in [-0.05, 0) is 26.3 Å². The van der Waals surface area contributed by atoms with Gasteiger partial charge in [0.15, 0.2) is 0 Å². The van der Waals surface area contributed by atoms with E-state index in [-0.39, 0.29) is 25.6 Å². The highest BCUT2D eigenvalue weighted by molar-refractivity contribution is 5.85. The molecule has 0 unspecified atom stereocenters. The van der Waals surface area contributed by atoms with Crippen molar-refractivity contribution in [2.45, 2.75) is 39.3 Å². The maximum atomic E-state index is 12.2. The lowest BCUT2D eigenvalue weighted by Gasteiger charge is -2.06. The molecule has 0 bridgehead atoms. The third kappa shape index (κ3) is 5.75. The molecule has 0 fully saturated rings. The van der Waals surface area contributed by atoms with E-state index in [1.54, 1.807) is 13.1 Å². The van der Waals surface area contributed by atoms with Gasteiger partial charge in [0, 0.05) is 24.4 Å². The SMILES string of the molecule is Cc1c(CNCCCCO)cnn1CC(F)F.Cl. The third-order valence-corrected chi connectivity index (χ3v) is 2.59. The standard InChI is InChI=1S/C11H19F2N3O.ClH/c1-9-10(6-14-4-2-3-5-17)7-15-16(9)8-11(12)13;/h7,11,14,17H,2-6,8H2,1H3;1H. The Hall–Kier alpha value is -0.720. The molecule has 0 aliphatic rings. The Labute approximate surface area is 112 Å². The predicted octanol–water partition coefficient (Wildman–Crippen LogP) is 1.74. The summed E-state index contributed by atoms with van der Waals surface area (Å²) in [7, 11) is 0. The molecular formula is C11H20ClF2N3O. The van der Waals surface area contributed by atoms with Crippen LogP contribution in [0.15, 0.2) is 6.20 Å². The molecule has 0 aliphatic carbocycles. The number of unbranched alkanes of at least 4 members (excludes halogenated alkanes) is 1. The summed E-state index contributed by atoms with van der Waals surface area (Å²) < 4.78 is 25.7. The molecule has 1 rings (SSSR count). The van der Waals surface area contributed by atoms with Crippen LogP contribution < -0.4 is 5.32 Å². The Morgan fingerprint density at radius 2 is 2.17 bits per heavy atom. The number of aromatic nitrogens is 2. The fraction of sp³-hybridized carbons (Fsp3) is 0.727. The van der Waals surface area contributed by atoms with Crippen LogP contribution in [0.2, 0.25) is 0 Å². The van der Waals surface area contributed by atoms with Gasteiger partial charge in [-0.3, -0.25) is 4.68 Å². The summed E-state index contributed by atoms with van der Waals surface area (Å²) in [5, 5.41) is 15.7. The average Bonchev–Trinajstić information content (AvgIpc) is 2.60. The Kier molecular flexibility index (Phi) is 8.87. The summed E-state index contributed by atoms with van der Waals surface area (Å²) >= 11 is 0. The van der Waals surface area contributed by atoms with Gasteiger partial charge in [0.05, 0.1) is 6.20 Å². The summed E-state index contributed by atoms with van der Waals surface area (Å²) in [5.41, 5.74) is 1.72. The van der Waals surface area contributed by atoms with Gasteiger partial charge in [-0.15, -0.1) is 12.4 Å². The third-order valence-electron chi connectivity index (χ3n) is 2.59. The number of alkyl halides is 2. The molecule has 0 amide bonds. The van der Waals surface area contributed by atoms with Crippen LogP contribution in [0.4, 0.5) is 8.78 Å². The molecule has 106 valence electrons. The zero-order chi connectivity index (χ0) is 12.7. The molecule has 0 atom stereocenters. The molecule has 0 radical (unpaired) electrons. The fourth-order valence-electron chi connectivity index (χ4n) is 1.56. The summed E-state index contributed by atoms with van der Waals surface area (Å²) in [6.45, 7) is 3.07. The molecule has 2 N–H and O–H groups in total. The van der Waals surface area contributed by atoms with E-state index in [9.17, 15) is 8.78 Å². The number of halogens is 3. The van der Waals surface area contributed by atoms with E-state index in [2.05, 4.69) is 10.4 Å². The number of aliphatic hydroxyl groups excluding tert-OH is 1. The minimum atomic E-state index is -2.38. The Bertz CT molecular complexity index is 334. The van der Waals surface area contributed by atoms with Crippen LogP contribution in [0.1, 0.15) is 24.1 Å². The molecule has 0 saturated heterocycles. The second-order valence-corrected chi connectivity index (χ2v) is 3.94. The van der Waals surface area contributed by atoms with Gasteiger partial charge in [0.25, 0.3) is 6.43 Å². The van der Waals surface area contributed by atoms with Crippen molar-refractivity contribution < 1.29 is 13.9 Å². The fourth-order valence-corrected chi connectivity index (χ4v) is 1.56. The topological polar surface area (TPSA) is 50.1 Å². The number of nitrogens with one attached hydrogen (secondary N) is 1. The quantitative estimate of drug-likeness (QED) is 0.715. The van der Waals surface area contributed by atoms with Crippen molar-refractivity contribution >= 4 is 12.4 Å². The first-order chi connectivity index (χ1) is 8.15. The van der Waals surface area contributed by atoms with Crippen LogP contribution in [0.3, 0.4) is 0 Å². The van der Waals surface area contributed by atoms with Gasteiger partial charge in [-0.25, -0.2) is 8.78 Å². The van der Waals surface area contributed by atoms with Gasteiger partial charge in [-0.1, -0.05) is 0 Å². The lowest BCUT2D eigenvalue weighted by Crippen LogP contribution is -2.16. The van der Waals surface area contributed by atoms with Crippen molar-refractivity contribution in [3.05, 3.63) is 17.5 Å². The second-order valence-electron chi connectivity index (χ2n) is 3.94. The molecule has 1 aromatic rings. The lowest BCUT2D eigenvalue weighted by atomic mass is 10.2. The smallest absolute Gasteiger partial charge is 0.257 e. The second kappa shape index (κ2) is 9.24. The molecule has 0 aromatic carbocycles. The normalized spacial score (nSPS) is 10.7. The van der Waals surface area contributed by atoms with Gasteiger partial charge in [0.2, 0.25) is 0 Å². The van der Waals surface area contributed by atoms with E-state index in [4.69, 9.17) is 5.11 Å². The monoisotopic (exact) mass is 283 g/mol. The van der Waals surface area contributed by atoms with Crippen LogP contribution in [-0.4, -0.2) is 34.5 Å². The maximum absolute atomic E-state index is 12.2. The predicted molar refractivity (Wildman–Crippen MR) is 68.2 cm³/mol. The van der Waals surface area contributed by atoms with Crippen molar-refractivity contribution in [1.82, 2.24) is 15.1 Å². The van der Waals surface area contributed by atoms with Crippen molar-refractivity contribution in [3.63, 3.8) is 0 Å². The first kappa shape index (κ1) is 17.3. The maximum Gasteiger partial charge on any atom is 0.257 e. The van der Waals surface area contributed by atoms with E-state index < -0.39 is 6.43 Å². The molecular weight excluding hydrogens is 264 g/mol. The van der Waals surface area contributed by atoms with Crippen LogP contribution in [0, 0.1) is 6.92 Å². The average molecular weight is 284 g/mol. The highest BCUT2D eigenvalue weighted by atomic mass is 35.5. The Morgan fingerprint density at radius 1 is 1.44 bits per heavy atom. The first-order valence-electron chi connectivity index (χ1n) is 5.76. The van der Waals surface area contributed by atoms with Crippen LogP contribution in [0.25, 0.3) is 0 Å². The largest absolute Gasteiger partial charge is 0.396 e. The molecule has 18 heavy (non-hydrogen) atoms. The van der Waals surface area contributed by atoms with E-state index in [0.717, 1.165) is 30.6 Å². The number of hydrogen-bond donors (Lipinski definition) is 2. The van der Waals surface area contributed by atoms with Crippen LogP contribution in [-0.2, 0) is 13.1 Å². The van der Waals surface area contributed by atoms with Crippen LogP contribution >= 0.6 is 12.4 Å². The summed E-state index contributed by atoms with van der Waals surface area (Å²) in [6, 6.07) is 0. The number of rotatable bonds is 8. The molecule has 0 spiro atoms. The summed E-state index contributed by atoms with van der Waals surface area (Å²) in [6.07, 6.45) is 0.924. The van der Waals surface area contributed by atoms with Gasteiger partial charge in [-0.2, -0.15) is 5.10 Å². The number of hydrogen-bond acceptors (Lipinski definition) is 3. The van der Waals surface area contributed by atoms with Crippen molar-refractivity contribution in [1.29, 1.82) is 0 Å². The molecule has 7 heteroatoms. The molecule has 0 saturated carbocycles. The highest BCUT2D eigenvalue weighted by Gasteiger charge is 2.10. The minimum Gasteiger partial charge on any atom is -0.396 e. The van der Waals surface area contributed by atoms with Gasteiger partial charge in [0.1, 0.15) is 6.54 Å². The molecule has 1 aromatic heterocycles. The Balaban J connectivity index is 0.00000289. The van der Waals surface area contributed by atoms with Gasteiger partial charge >= 0.3 is 0 Å². The zero-order valence-corrected chi connectivity index (χ0v) is 11.2. The van der Waals surface area contributed by atoms with Crippen molar-refractivity contribution in [2.24, 2.45) is 0 Å². The molecule has 1 heterocycles. The van der Waals surface area contributed by atoms with Gasteiger partial charge < -0.3 is 10.4 Å². The lowest BCUT2D eigenvalue weighted by molar-refractivity contribution is 0.121. The summed E-state index contributed by atoms with van der Waals surface area (Å²) in [4.78, 5) is 0. The van der Waals surface area contributed by atoms with E-state index in [0.29, 0.717) is 6.54 Å². The minimum absolute atomic E-state index is 0. The number of aliphatic hydroxyl groups is 1. The van der Waals surface area contributed by atoms with Crippen LogP contribution in [0.5, 0.6) is 0 Å². The van der Waals surface area contributed by atoms with E-state index in [1.807, 2.05) is 0 Å². The number of nitrogens with zero attached hydrogens (tertiary/aromatic N) is 2. The highest BCUT2D eigenvalue weighted by Crippen LogP contribution is 2.09. The van der Waals surface area contributed by atoms with E-state index in [1.165, 1.54) is 4.68 Å².